The Bertz CT molecular complexity index is 1300. The van der Waals surface area contributed by atoms with E-state index in [1.54, 1.807) is 0 Å². The highest BCUT2D eigenvalue weighted by Crippen LogP contribution is 2.25. The standard InChI is InChI=1S/C21H17N3O7S/c1-14-5-10-19(12-20(14)24(27)28)32(29,30)31-18-8-6-15(7-9-18)13-22-23-21(26)16-3-2-4-17(25)11-16/h2-13,25H,1H3,(H,23,26)/b22-13+. The molecule has 10 nitrogen and oxygen atoms in total. The molecule has 0 spiro atoms. The lowest BCUT2D eigenvalue weighted by atomic mass is 10.2. The van der Waals surface area contributed by atoms with Crippen LogP contribution >= 0.6 is 0 Å². The topological polar surface area (TPSA) is 148 Å². The van der Waals surface area contributed by atoms with Gasteiger partial charge in [-0.25, -0.2) is 5.43 Å². The Balaban J connectivity index is 1.66. The summed E-state index contributed by atoms with van der Waals surface area (Å²) in [6, 6.07) is 15.0. The zero-order valence-electron chi connectivity index (χ0n) is 16.6. The largest absolute Gasteiger partial charge is 0.508 e. The van der Waals surface area contributed by atoms with Gasteiger partial charge in [-0.05, 0) is 61.0 Å². The van der Waals surface area contributed by atoms with Crippen LogP contribution in [0.2, 0.25) is 0 Å². The number of hydrogen-bond donors (Lipinski definition) is 2. The minimum atomic E-state index is -4.28. The second kappa shape index (κ2) is 9.27. The maximum absolute atomic E-state index is 12.4. The molecule has 0 unspecified atom stereocenters. The van der Waals surface area contributed by atoms with Gasteiger partial charge in [-0.2, -0.15) is 13.5 Å². The number of nitrogens with zero attached hydrogens (tertiary/aromatic N) is 2. The van der Waals surface area contributed by atoms with Crippen molar-refractivity contribution in [3.05, 3.63) is 93.5 Å². The Morgan fingerprint density at radius 2 is 1.84 bits per heavy atom. The molecule has 2 N–H and O–H groups in total. The van der Waals surface area contributed by atoms with E-state index in [1.165, 1.54) is 73.8 Å². The van der Waals surface area contributed by atoms with Crippen molar-refractivity contribution in [2.45, 2.75) is 11.8 Å². The van der Waals surface area contributed by atoms with Crippen LogP contribution in [0.25, 0.3) is 0 Å². The van der Waals surface area contributed by atoms with Gasteiger partial charge in [0.1, 0.15) is 16.4 Å². The molecular weight excluding hydrogens is 438 g/mol. The smallest absolute Gasteiger partial charge is 0.339 e. The fourth-order valence-corrected chi connectivity index (χ4v) is 3.55. The lowest BCUT2D eigenvalue weighted by Crippen LogP contribution is -2.17. The van der Waals surface area contributed by atoms with E-state index < -0.39 is 20.9 Å². The minimum Gasteiger partial charge on any atom is -0.508 e. The van der Waals surface area contributed by atoms with Crippen molar-refractivity contribution in [2.75, 3.05) is 0 Å². The molecule has 0 saturated heterocycles. The number of hydrogen-bond acceptors (Lipinski definition) is 8. The van der Waals surface area contributed by atoms with Gasteiger partial charge in [0.2, 0.25) is 0 Å². The third kappa shape index (κ3) is 5.46. The van der Waals surface area contributed by atoms with Gasteiger partial charge in [0, 0.05) is 17.2 Å². The van der Waals surface area contributed by atoms with Crippen LogP contribution in [-0.2, 0) is 10.1 Å². The Morgan fingerprint density at radius 3 is 2.50 bits per heavy atom. The third-order valence-electron chi connectivity index (χ3n) is 4.24. The normalized spacial score (nSPS) is 11.3. The Kier molecular flexibility index (Phi) is 6.50. The summed E-state index contributed by atoms with van der Waals surface area (Å²) in [5.41, 5.74) is 3.08. The van der Waals surface area contributed by atoms with E-state index in [2.05, 4.69) is 10.5 Å². The minimum absolute atomic E-state index is 0.00539. The predicted molar refractivity (Wildman–Crippen MR) is 115 cm³/mol. The maximum Gasteiger partial charge on any atom is 0.339 e. The molecule has 3 aromatic rings. The van der Waals surface area contributed by atoms with Crippen molar-refractivity contribution in [3.63, 3.8) is 0 Å². The number of phenols is 1. The molecule has 0 aromatic heterocycles. The molecule has 0 atom stereocenters. The number of amides is 1. The Labute approximate surface area is 183 Å². The molecule has 0 aliphatic heterocycles. The van der Waals surface area contributed by atoms with E-state index in [4.69, 9.17) is 4.18 Å². The molecule has 3 rings (SSSR count). The zero-order chi connectivity index (χ0) is 23.3. The van der Waals surface area contributed by atoms with Crippen LogP contribution in [-0.4, -0.2) is 30.6 Å². The lowest BCUT2D eigenvalue weighted by molar-refractivity contribution is -0.385. The van der Waals surface area contributed by atoms with E-state index in [1.807, 2.05) is 0 Å². The van der Waals surface area contributed by atoms with E-state index >= 15 is 0 Å². The fourth-order valence-electron chi connectivity index (χ4n) is 2.60. The second-order valence-electron chi connectivity index (χ2n) is 6.56. The van der Waals surface area contributed by atoms with Crippen LogP contribution in [0, 0.1) is 17.0 Å². The van der Waals surface area contributed by atoms with Gasteiger partial charge >= 0.3 is 10.1 Å². The van der Waals surface area contributed by atoms with Gasteiger partial charge in [0.25, 0.3) is 11.6 Å². The molecule has 164 valence electrons. The SMILES string of the molecule is Cc1ccc(S(=O)(=O)Oc2ccc(/C=N/NC(=O)c3cccc(O)c3)cc2)cc1[N+](=O)[O-]. The summed E-state index contributed by atoms with van der Waals surface area (Å²) < 4.78 is 29.9. The van der Waals surface area contributed by atoms with E-state index in [9.17, 15) is 28.4 Å². The number of nitro groups is 1. The maximum atomic E-state index is 12.4. The average molecular weight is 455 g/mol. The molecule has 0 saturated carbocycles. The van der Waals surface area contributed by atoms with Crippen LogP contribution in [0.4, 0.5) is 5.69 Å². The quantitative estimate of drug-likeness (QED) is 0.241. The highest BCUT2D eigenvalue weighted by molar-refractivity contribution is 7.87. The van der Waals surface area contributed by atoms with Crippen LogP contribution < -0.4 is 9.61 Å². The first-order chi connectivity index (χ1) is 15.2. The monoisotopic (exact) mass is 455 g/mol. The molecule has 0 heterocycles. The van der Waals surface area contributed by atoms with Gasteiger partial charge in [-0.3, -0.25) is 14.9 Å². The highest BCUT2D eigenvalue weighted by atomic mass is 32.2. The Morgan fingerprint density at radius 1 is 1.12 bits per heavy atom. The number of benzene rings is 3. The number of carbonyl (C=O) groups is 1. The fraction of sp³-hybridized carbons (Fsp3) is 0.0476. The summed E-state index contributed by atoms with van der Waals surface area (Å²) in [5.74, 6) is -0.572. The summed E-state index contributed by atoms with van der Waals surface area (Å²) in [5, 5.41) is 24.2. The summed E-state index contributed by atoms with van der Waals surface area (Å²) in [6.07, 6.45) is 1.34. The Hall–Kier alpha value is -4.25. The van der Waals surface area contributed by atoms with Crippen molar-refractivity contribution in [1.82, 2.24) is 5.43 Å². The van der Waals surface area contributed by atoms with Crippen LogP contribution in [0.15, 0.2) is 76.7 Å². The molecule has 1 amide bonds. The molecule has 0 aliphatic rings. The van der Waals surface area contributed by atoms with Crippen molar-refractivity contribution in [2.24, 2.45) is 5.10 Å². The first-order valence-corrected chi connectivity index (χ1v) is 10.5. The van der Waals surface area contributed by atoms with E-state index in [-0.39, 0.29) is 27.6 Å². The van der Waals surface area contributed by atoms with Crippen LogP contribution in [0.3, 0.4) is 0 Å². The van der Waals surface area contributed by atoms with Gasteiger partial charge in [-0.1, -0.05) is 12.1 Å². The summed E-state index contributed by atoms with van der Waals surface area (Å²) in [6.45, 7) is 1.50. The number of nitrogens with one attached hydrogen (secondary N) is 1. The first-order valence-electron chi connectivity index (χ1n) is 9.08. The van der Waals surface area contributed by atoms with E-state index in [0.717, 1.165) is 6.07 Å². The number of aromatic hydroxyl groups is 1. The second-order valence-corrected chi connectivity index (χ2v) is 8.11. The van der Waals surface area contributed by atoms with Crippen LogP contribution in [0.5, 0.6) is 11.5 Å². The van der Waals surface area contributed by atoms with Crippen molar-refractivity contribution in [3.8, 4) is 11.5 Å². The van der Waals surface area contributed by atoms with Crippen LogP contribution in [0.1, 0.15) is 21.5 Å². The molecule has 0 fully saturated rings. The predicted octanol–water partition coefficient (Wildman–Crippen LogP) is 3.14. The number of phenolic OH excluding ortho intramolecular Hbond substituents is 1. The third-order valence-corrected chi connectivity index (χ3v) is 5.48. The average Bonchev–Trinajstić information content (AvgIpc) is 2.74. The molecule has 0 bridgehead atoms. The lowest BCUT2D eigenvalue weighted by Gasteiger charge is -2.08. The van der Waals surface area contributed by atoms with Gasteiger partial charge in [0.05, 0.1) is 11.1 Å². The number of hydrazone groups is 1. The number of aryl methyl sites for hydroxylation is 1. The van der Waals surface area contributed by atoms with Gasteiger partial charge < -0.3 is 9.29 Å². The van der Waals surface area contributed by atoms with Gasteiger partial charge in [-0.15, -0.1) is 0 Å². The molecule has 32 heavy (non-hydrogen) atoms. The van der Waals surface area contributed by atoms with Crippen molar-refractivity contribution in [1.29, 1.82) is 0 Å². The number of nitro benzene ring substituents is 1. The molecule has 3 aromatic carbocycles. The van der Waals surface area contributed by atoms with E-state index in [0.29, 0.717) is 11.1 Å². The summed E-state index contributed by atoms with van der Waals surface area (Å²) >= 11 is 0. The summed E-state index contributed by atoms with van der Waals surface area (Å²) in [7, 11) is -4.28. The highest BCUT2D eigenvalue weighted by Gasteiger charge is 2.21. The number of carbonyl (C=O) groups excluding carboxylic acids is 1. The molecule has 0 radical (unpaired) electrons. The molecule has 0 aliphatic carbocycles. The van der Waals surface area contributed by atoms with Crippen molar-refractivity contribution >= 4 is 27.9 Å². The van der Waals surface area contributed by atoms with Crippen molar-refractivity contribution < 1.29 is 27.4 Å². The first kappa shape index (κ1) is 22.4. The molecule has 11 heteroatoms. The summed E-state index contributed by atoms with van der Waals surface area (Å²) in [4.78, 5) is 22.0. The molecular formula is C21H17N3O7S. The zero-order valence-corrected chi connectivity index (χ0v) is 17.4. The van der Waals surface area contributed by atoms with Gasteiger partial charge in [0.15, 0.2) is 0 Å². The number of rotatable bonds is 7.